The van der Waals surface area contributed by atoms with Crippen LogP contribution in [0.25, 0.3) is 0 Å². The minimum atomic E-state index is -4.12. The third kappa shape index (κ3) is 3.01. The molecule has 0 radical (unpaired) electrons. The first-order chi connectivity index (χ1) is 8.88. The number of H-pyrrole nitrogens is 2. The Kier molecular flexibility index (Phi) is 3.40. The van der Waals surface area contributed by atoms with Gasteiger partial charge in [0.2, 0.25) is 0 Å². The van der Waals surface area contributed by atoms with Gasteiger partial charge in [0.1, 0.15) is 5.15 Å². The van der Waals surface area contributed by atoms with Gasteiger partial charge >= 0.3 is 5.69 Å². The number of nitrogens with zero attached hydrogens (tertiary/aromatic N) is 1. The molecule has 0 unspecified atom stereocenters. The SMILES string of the molecule is O=c1[nH]cc(S(=O)(=O)Nc2ccc(Cl)nc2)c(=O)[nH]1. The van der Waals surface area contributed by atoms with E-state index in [2.05, 4.69) is 14.7 Å². The van der Waals surface area contributed by atoms with E-state index in [4.69, 9.17) is 11.6 Å². The van der Waals surface area contributed by atoms with Gasteiger partial charge in [0.25, 0.3) is 15.6 Å². The van der Waals surface area contributed by atoms with E-state index >= 15 is 0 Å². The normalized spacial score (nSPS) is 11.2. The van der Waals surface area contributed by atoms with Crippen LogP contribution >= 0.6 is 11.6 Å². The van der Waals surface area contributed by atoms with E-state index in [1.807, 2.05) is 4.98 Å². The van der Waals surface area contributed by atoms with Crippen molar-refractivity contribution in [2.75, 3.05) is 4.72 Å². The fraction of sp³-hybridized carbons (Fsp3) is 0. The Hall–Kier alpha value is -2.13. The molecule has 2 heterocycles. The van der Waals surface area contributed by atoms with Crippen molar-refractivity contribution in [3.63, 3.8) is 0 Å². The van der Waals surface area contributed by atoms with Gasteiger partial charge in [-0.15, -0.1) is 0 Å². The van der Waals surface area contributed by atoms with Crippen molar-refractivity contribution in [1.29, 1.82) is 0 Å². The van der Waals surface area contributed by atoms with E-state index in [9.17, 15) is 18.0 Å². The highest BCUT2D eigenvalue weighted by molar-refractivity contribution is 7.92. The number of hydrogen-bond donors (Lipinski definition) is 3. The number of aromatic nitrogens is 3. The van der Waals surface area contributed by atoms with Crippen LogP contribution < -0.4 is 16.0 Å². The summed E-state index contributed by atoms with van der Waals surface area (Å²) in [5.74, 6) is 0. The summed E-state index contributed by atoms with van der Waals surface area (Å²) < 4.78 is 25.9. The highest BCUT2D eigenvalue weighted by Crippen LogP contribution is 2.13. The van der Waals surface area contributed by atoms with Crippen molar-refractivity contribution in [3.8, 4) is 0 Å². The topological polar surface area (TPSA) is 125 Å². The van der Waals surface area contributed by atoms with Crippen LogP contribution in [0, 0.1) is 0 Å². The summed E-state index contributed by atoms with van der Waals surface area (Å²) in [5, 5.41) is 0.199. The van der Waals surface area contributed by atoms with Crippen molar-refractivity contribution in [2.24, 2.45) is 0 Å². The summed E-state index contributed by atoms with van der Waals surface area (Å²) in [7, 11) is -4.12. The molecule has 2 rings (SSSR count). The largest absolute Gasteiger partial charge is 0.325 e. The summed E-state index contributed by atoms with van der Waals surface area (Å²) in [6, 6.07) is 2.77. The van der Waals surface area contributed by atoms with Crippen LogP contribution in [0.3, 0.4) is 0 Å². The molecule has 0 aromatic carbocycles. The number of hydrogen-bond acceptors (Lipinski definition) is 5. The van der Waals surface area contributed by atoms with Crippen LogP contribution in [-0.2, 0) is 10.0 Å². The molecule has 0 aliphatic heterocycles. The Labute approximate surface area is 111 Å². The molecular formula is C9H7ClN4O4S. The lowest BCUT2D eigenvalue weighted by molar-refractivity contribution is 0.599. The molecule has 8 nitrogen and oxygen atoms in total. The zero-order chi connectivity index (χ0) is 14.0. The van der Waals surface area contributed by atoms with Gasteiger partial charge in [0.05, 0.1) is 11.9 Å². The van der Waals surface area contributed by atoms with Crippen LogP contribution in [0.1, 0.15) is 0 Å². The van der Waals surface area contributed by atoms with Gasteiger partial charge < -0.3 is 4.98 Å². The monoisotopic (exact) mass is 302 g/mol. The van der Waals surface area contributed by atoms with Gasteiger partial charge in [-0.2, -0.15) is 0 Å². The first-order valence-electron chi connectivity index (χ1n) is 4.85. The average Bonchev–Trinajstić information content (AvgIpc) is 2.31. The van der Waals surface area contributed by atoms with Crippen LogP contribution in [0.2, 0.25) is 5.15 Å². The minimum Gasteiger partial charge on any atom is -0.313 e. The number of nitrogens with one attached hydrogen (secondary N) is 3. The standard InChI is InChI=1S/C9H7ClN4O4S/c10-7-2-1-5(3-11-7)14-19(17,18)6-4-12-9(16)13-8(6)15/h1-4,14H,(H2,12,13,15,16). The Balaban J connectivity index is 2.40. The predicted octanol–water partition coefficient (Wildman–Crippen LogP) is -0.0876. The van der Waals surface area contributed by atoms with Crippen molar-refractivity contribution in [3.05, 3.63) is 50.5 Å². The fourth-order valence-electron chi connectivity index (χ4n) is 1.24. The summed E-state index contributed by atoms with van der Waals surface area (Å²) in [5.41, 5.74) is -1.68. The first-order valence-corrected chi connectivity index (χ1v) is 6.71. The molecule has 0 amide bonds. The Morgan fingerprint density at radius 1 is 1.26 bits per heavy atom. The van der Waals surface area contributed by atoms with Crippen LogP contribution in [0.5, 0.6) is 0 Å². The maximum absolute atomic E-state index is 11.9. The lowest BCUT2D eigenvalue weighted by Crippen LogP contribution is -2.29. The van der Waals surface area contributed by atoms with Gasteiger partial charge in [-0.3, -0.25) is 14.5 Å². The molecule has 0 spiro atoms. The van der Waals surface area contributed by atoms with E-state index in [0.29, 0.717) is 0 Å². The molecule has 0 saturated carbocycles. The lowest BCUT2D eigenvalue weighted by atomic mass is 10.4. The maximum Gasteiger partial charge on any atom is 0.325 e. The lowest BCUT2D eigenvalue weighted by Gasteiger charge is -2.06. The number of rotatable bonds is 3. The van der Waals surface area contributed by atoms with E-state index in [-0.39, 0.29) is 10.8 Å². The second-order valence-corrected chi connectivity index (χ2v) is 5.45. The molecule has 100 valence electrons. The summed E-state index contributed by atoms with van der Waals surface area (Å²) in [6.45, 7) is 0. The Morgan fingerprint density at radius 3 is 2.58 bits per heavy atom. The molecule has 2 aromatic heterocycles. The second kappa shape index (κ2) is 4.86. The molecule has 3 N–H and O–H groups in total. The highest BCUT2D eigenvalue weighted by Gasteiger charge is 2.18. The summed E-state index contributed by atoms with van der Waals surface area (Å²) in [6.07, 6.45) is 2.01. The number of anilines is 1. The quantitative estimate of drug-likeness (QED) is 0.683. The summed E-state index contributed by atoms with van der Waals surface area (Å²) >= 11 is 5.56. The molecular weight excluding hydrogens is 296 g/mol. The summed E-state index contributed by atoms with van der Waals surface area (Å²) in [4.78, 5) is 29.2. The van der Waals surface area contributed by atoms with Crippen molar-refractivity contribution < 1.29 is 8.42 Å². The van der Waals surface area contributed by atoms with Crippen LogP contribution in [0.4, 0.5) is 5.69 Å². The van der Waals surface area contributed by atoms with E-state index in [1.165, 1.54) is 18.3 Å². The Bertz CT molecular complexity index is 809. The van der Waals surface area contributed by atoms with Crippen molar-refractivity contribution >= 4 is 27.3 Å². The van der Waals surface area contributed by atoms with Gasteiger partial charge in [0.15, 0.2) is 4.90 Å². The molecule has 0 bridgehead atoms. The number of sulfonamides is 1. The predicted molar refractivity (Wildman–Crippen MR) is 67.7 cm³/mol. The fourth-order valence-corrected chi connectivity index (χ4v) is 2.41. The molecule has 0 aliphatic carbocycles. The molecule has 0 fully saturated rings. The molecule has 19 heavy (non-hydrogen) atoms. The minimum absolute atomic E-state index is 0.134. The number of pyridine rings is 1. The molecule has 0 aliphatic rings. The zero-order valence-electron chi connectivity index (χ0n) is 9.18. The van der Waals surface area contributed by atoms with Gasteiger partial charge in [-0.05, 0) is 12.1 Å². The third-order valence-corrected chi connectivity index (χ3v) is 3.66. The molecule has 2 aromatic rings. The maximum atomic E-state index is 11.9. The number of halogens is 1. The highest BCUT2D eigenvalue weighted by atomic mass is 35.5. The van der Waals surface area contributed by atoms with E-state index < -0.39 is 26.2 Å². The Morgan fingerprint density at radius 2 is 2.00 bits per heavy atom. The van der Waals surface area contributed by atoms with Gasteiger partial charge in [0, 0.05) is 6.20 Å². The second-order valence-electron chi connectivity index (χ2n) is 3.41. The van der Waals surface area contributed by atoms with Gasteiger partial charge in [-0.1, -0.05) is 11.6 Å². The third-order valence-electron chi connectivity index (χ3n) is 2.05. The molecule has 0 saturated heterocycles. The van der Waals surface area contributed by atoms with Crippen molar-refractivity contribution in [2.45, 2.75) is 4.90 Å². The molecule has 0 atom stereocenters. The zero-order valence-corrected chi connectivity index (χ0v) is 10.7. The van der Waals surface area contributed by atoms with E-state index in [1.54, 1.807) is 0 Å². The van der Waals surface area contributed by atoms with Crippen LogP contribution in [0.15, 0.2) is 39.0 Å². The molecule has 10 heteroatoms. The smallest absolute Gasteiger partial charge is 0.313 e. The number of aromatic amines is 2. The first kappa shape index (κ1) is 13.3. The average molecular weight is 303 g/mol. The van der Waals surface area contributed by atoms with Crippen molar-refractivity contribution in [1.82, 2.24) is 15.0 Å². The van der Waals surface area contributed by atoms with Crippen LogP contribution in [-0.4, -0.2) is 23.4 Å². The van der Waals surface area contributed by atoms with E-state index in [0.717, 1.165) is 6.20 Å². The van der Waals surface area contributed by atoms with Gasteiger partial charge in [-0.25, -0.2) is 18.2 Å².